The molecule has 0 saturated carbocycles. The Morgan fingerprint density at radius 1 is 1.12 bits per heavy atom. The molecule has 0 aliphatic rings. The number of anilines is 1. The zero-order valence-electron chi connectivity index (χ0n) is 10.0. The monoisotopic (exact) mass is 241 g/mol. The maximum Gasteiger partial charge on any atom is 0.229 e. The lowest BCUT2D eigenvalue weighted by Gasteiger charge is -2.13. The van der Waals surface area contributed by atoms with Crippen molar-refractivity contribution in [1.29, 1.82) is 0 Å². The molecule has 0 aliphatic carbocycles. The van der Waals surface area contributed by atoms with Gasteiger partial charge in [-0.05, 0) is 36.5 Å². The van der Waals surface area contributed by atoms with Crippen LogP contribution in [0.3, 0.4) is 0 Å². The molecule has 0 atom stereocenters. The van der Waals surface area contributed by atoms with Gasteiger partial charge in [-0.15, -0.1) is 0 Å². The SMILES string of the molecule is CCC(CC)c1ccc(NS(C)(=O)=O)cc1. The highest BCUT2D eigenvalue weighted by Gasteiger charge is 2.07. The summed E-state index contributed by atoms with van der Waals surface area (Å²) < 4.78 is 24.5. The lowest BCUT2D eigenvalue weighted by atomic mass is 9.94. The Morgan fingerprint density at radius 3 is 2.00 bits per heavy atom. The number of nitrogens with one attached hydrogen (secondary N) is 1. The molecule has 1 aromatic rings. The molecule has 4 heteroatoms. The fraction of sp³-hybridized carbons (Fsp3) is 0.500. The molecular formula is C12H19NO2S. The Morgan fingerprint density at radius 2 is 1.62 bits per heavy atom. The molecule has 1 N–H and O–H groups in total. The summed E-state index contributed by atoms with van der Waals surface area (Å²) in [6.07, 6.45) is 3.37. The molecule has 0 unspecified atom stereocenters. The Hall–Kier alpha value is -1.03. The van der Waals surface area contributed by atoms with Crippen LogP contribution in [0.4, 0.5) is 5.69 Å². The zero-order chi connectivity index (χ0) is 12.2. The zero-order valence-corrected chi connectivity index (χ0v) is 10.8. The number of benzene rings is 1. The van der Waals surface area contributed by atoms with Gasteiger partial charge in [0.15, 0.2) is 0 Å². The van der Waals surface area contributed by atoms with Crippen LogP contribution < -0.4 is 4.72 Å². The highest BCUT2D eigenvalue weighted by atomic mass is 32.2. The fourth-order valence-electron chi connectivity index (χ4n) is 1.80. The van der Waals surface area contributed by atoms with Crippen molar-refractivity contribution in [2.24, 2.45) is 0 Å². The van der Waals surface area contributed by atoms with Gasteiger partial charge in [0.25, 0.3) is 0 Å². The molecule has 1 aromatic carbocycles. The molecule has 0 bridgehead atoms. The standard InChI is InChI=1S/C12H19NO2S/c1-4-10(5-2)11-6-8-12(9-7-11)13-16(3,14)15/h6-10,13H,4-5H2,1-3H3. The quantitative estimate of drug-likeness (QED) is 0.861. The highest BCUT2D eigenvalue weighted by Crippen LogP contribution is 2.24. The molecule has 90 valence electrons. The van der Waals surface area contributed by atoms with Gasteiger partial charge in [0.1, 0.15) is 0 Å². The van der Waals surface area contributed by atoms with Crippen molar-refractivity contribution < 1.29 is 8.42 Å². The number of hydrogen-bond donors (Lipinski definition) is 1. The van der Waals surface area contributed by atoms with E-state index in [0.29, 0.717) is 11.6 Å². The van der Waals surface area contributed by atoms with Gasteiger partial charge in [0.05, 0.1) is 6.26 Å². The van der Waals surface area contributed by atoms with Crippen molar-refractivity contribution in [2.45, 2.75) is 32.6 Å². The van der Waals surface area contributed by atoms with Crippen LogP contribution in [-0.4, -0.2) is 14.7 Å². The minimum Gasteiger partial charge on any atom is -0.284 e. The Kier molecular flexibility index (Phi) is 4.35. The first kappa shape index (κ1) is 13.0. The summed E-state index contributed by atoms with van der Waals surface area (Å²) in [5, 5.41) is 0. The summed E-state index contributed by atoms with van der Waals surface area (Å²) in [4.78, 5) is 0. The predicted molar refractivity (Wildman–Crippen MR) is 68.2 cm³/mol. The minimum atomic E-state index is -3.17. The van der Waals surface area contributed by atoms with Gasteiger partial charge in [-0.1, -0.05) is 26.0 Å². The van der Waals surface area contributed by atoms with Gasteiger partial charge in [-0.2, -0.15) is 0 Å². The number of hydrogen-bond acceptors (Lipinski definition) is 2. The molecule has 0 aliphatic heterocycles. The smallest absolute Gasteiger partial charge is 0.229 e. The Bertz CT molecular complexity index is 419. The Labute approximate surface area is 97.9 Å². The molecule has 16 heavy (non-hydrogen) atoms. The van der Waals surface area contributed by atoms with Crippen LogP contribution >= 0.6 is 0 Å². The number of rotatable bonds is 5. The second-order valence-corrected chi connectivity index (χ2v) is 5.76. The molecule has 0 fully saturated rings. The summed E-state index contributed by atoms with van der Waals surface area (Å²) in [6.45, 7) is 4.33. The van der Waals surface area contributed by atoms with E-state index in [-0.39, 0.29) is 0 Å². The van der Waals surface area contributed by atoms with Gasteiger partial charge < -0.3 is 0 Å². The van der Waals surface area contributed by atoms with Gasteiger partial charge >= 0.3 is 0 Å². The van der Waals surface area contributed by atoms with Crippen molar-refractivity contribution in [3.8, 4) is 0 Å². The maximum atomic E-state index is 11.0. The lowest BCUT2D eigenvalue weighted by Crippen LogP contribution is -2.09. The molecule has 0 spiro atoms. The van der Waals surface area contributed by atoms with Crippen LogP contribution in [0.1, 0.15) is 38.2 Å². The maximum absolute atomic E-state index is 11.0. The average Bonchev–Trinajstić information content (AvgIpc) is 2.20. The summed E-state index contributed by atoms with van der Waals surface area (Å²) >= 11 is 0. The van der Waals surface area contributed by atoms with Crippen LogP contribution in [-0.2, 0) is 10.0 Å². The Balaban J connectivity index is 2.82. The van der Waals surface area contributed by atoms with Crippen molar-refractivity contribution in [3.05, 3.63) is 29.8 Å². The van der Waals surface area contributed by atoms with Crippen molar-refractivity contribution in [1.82, 2.24) is 0 Å². The predicted octanol–water partition coefficient (Wildman–Crippen LogP) is 2.96. The minimum absolute atomic E-state index is 0.562. The normalized spacial score (nSPS) is 11.8. The van der Waals surface area contributed by atoms with E-state index in [9.17, 15) is 8.42 Å². The van der Waals surface area contributed by atoms with E-state index in [2.05, 4.69) is 18.6 Å². The molecule has 0 heterocycles. The van der Waals surface area contributed by atoms with E-state index in [1.165, 1.54) is 5.56 Å². The summed E-state index contributed by atoms with van der Waals surface area (Å²) in [5.41, 5.74) is 1.89. The van der Waals surface area contributed by atoms with Crippen molar-refractivity contribution in [2.75, 3.05) is 11.0 Å². The van der Waals surface area contributed by atoms with E-state index in [4.69, 9.17) is 0 Å². The van der Waals surface area contributed by atoms with E-state index in [1.807, 2.05) is 24.3 Å². The molecule has 0 amide bonds. The van der Waals surface area contributed by atoms with Crippen LogP contribution in [0, 0.1) is 0 Å². The molecule has 0 radical (unpaired) electrons. The topological polar surface area (TPSA) is 46.2 Å². The third-order valence-electron chi connectivity index (χ3n) is 2.67. The number of sulfonamides is 1. The van der Waals surface area contributed by atoms with Crippen LogP contribution in [0.25, 0.3) is 0 Å². The molecule has 3 nitrogen and oxygen atoms in total. The van der Waals surface area contributed by atoms with E-state index < -0.39 is 10.0 Å². The van der Waals surface area contributed by atoms with Gasteiger partial charge in [0.2, 0.25) is 10.0 Å². The third-order valence-corrected chi connectivity index (χ3v) is 3.28. The highest BCUT2D eigenvalue weighted by molar-refractivity contribution is 7.92. The third kappa shape index (κ3) is 3.85. The molecule has 0 aromatic heterocycles. The van der Waals surface area contributed by atoms with Gasteiger partial charge in [-0.25, -0.2) is 8.42 Å². The summed E-state index contributed by atoms with van der Waals surface area (Å²) in [5.74, 6) is 0.562. The molecular weight excluding hydrogens is 222 g/mol. The lowest BCUT2D eigenvalue weighted by molar-refractivity contribution is 0.607. The second-order valence-electron chi connectivity index (χ2n) is 4.01. The van der Waals surface area contributed by atoms with Crippen LogP contribution in [0.2, 0.25) is 0 Å². The van der Waals surface area contributed by atoms with Crippen LogP contribution in [0.15, 0.2) is 24.3 Å². The van der Waals surface area contributed by atoms with Gasteiger partial charge in [-0.3, -0.25) is 4.72 Å². The van der Waals surface area contributed by atoms with E-state index in [1.54, 1.807) is 0 Å². The fourth-order valence-corrected chi connectivity index (χ4v) is 2.36. The molecule has 1 rings (SSSR count). The van der Waals surface area contributed by atoms with Gasteiger partial charge in [0, 0.05) is 5.69 Å². The first-order chi connectivity index (χ1) is 7.46. The first-order valence-corrected chi connectivity index (χ1v) is 7.43. The second kappa shape index (κ2) is 5.34. The summed E-state index contributed by atoms with van der Waals surface area (Å²) in [7, 11) is -3.17. The average molecular weight is 241 g/mol. The van der Waals surface area contributed by atoms with Crippen molar-refractivity contribution in [3.63, 3.8) is 0 Å². The van der Waals surface area contributed by atoms with E-state index >= 15 is 0 Å². The van der Waals surface area contributed by atoms with Crippen LogP contribution in [0.5, 0.6) is 0 Å². The largest absolute Gasteiger partial charge is 0.284 e. The molecule has 0 saturated heterocycles. The van der Waals surface area contributed by atoms with E-state index in [0.717, 1.165) is 19.1 Å². The van der Waals surface area contributed by atoms with Crippen molar-refractivity contribution >= 4 is 15.7 Å². The first-order valence-electron chi connectivity index (χ1n) is 5.54. The summed E-state index contributed by atoms with van der Waals surface area (Å²) in [6, 6.07) is 7.61.